The summed E-state index contributed by atoms with van der Waals surface area (Å²) in [5, 5.41) is 0. The largest absolute Gasteiger partial charge is 0.496 e. The molecule has 0 amide bonds. The van der Waals surface area contributed by atoms with Crippen molar-refractivity contribution >= 4 is 0 Å². The Labute approximate surface area is 110 Å². The van der Waals surface area contributed by atoms with Gasteiger partial charge in [0.25, 0.3) is 0 Å². The number of benzene rings is 1. The van der Waals surface area contributed by atoms with Crippen molar-refractivity contribution in [1.29, 1.82) is 0 Å². The molecule has 96 valence electrons. The van der Waals surface area contributed by atoms with Gasteiger partial charge in [0.15, 0.2) is 6.20 Å². The first kappa shape index (κ1) is 13.0. The number of rotatable bonds is 2. The van der Waals surface area contributed by atoms with Crippen molar-refractivity contribution in [1.82, 2.24) is 0 Å². The lowest BCUT2D eigenvalue weighted by Gasteiger charge is -2.07. The van der Waals surface area contributed by atoms with E-state index in [0.717, 1.165) is 12.1 Å². The minimum absolute atomic E-state index is 0.168. The van der Waals surface area contributed by atoms with E-state index in [0.29, 0.717) is 11.4 Å². The van der Waals surface area contributed by atoms with Gasteiger partial charge >= 0.3 is 0 Å². The Morgan fingerprint density at radius 1 is 1.26 bits per heavy atom. The van der Waals surface area contributed by atoms with E-state index in [1.807, 2.05) is 0 Å². The Hall–Kier alpha value is -2.41. The highest BCUT2D eigenvalue weighted by Gasteiger charge is 2.20. The molecular formula is C15H12F2NO+. The van der Waals surface area contributed by atoms with Gasteiger partial charge in [-0.15, -0.1) is 6.42 Å². The summed E-state index contributed by atoms with van der Waals surface area (Å²) in [6.07, 6.45) is 7.04. The van der Waals surface area contributed by atoms with Gasteiger partial charge in [0.1, 0.15) is 24.4 Å². The van der Waals surface area contributed by atoms with Crippen molar-refractivity contribution in [3.63, 3.8) is 0 Å². The van der Waals surface area contributed by atoms with Crippen LogP contribution in [-0.2, 0) is 7.05 Å². The molecule has 2 rings (SSSR count). The molecule has 0 atom stereocenters. The SMILES string of the molecule is C#Cc1cc(F)cc(F)c1-c1cc(OC)cc[n+]1C. The number of ether oxygens (including phenoxy) is 1. The third kappa shape index (κ3) is 2.41. The number of aromatic nitrogens is 1. The molecule has 2 aromatic rings. The zero-order valence-corrected chi connectivity index (χ0v) is 10.6. The number of methoxy groups -OCH3 is 1. The smallest absolute Gasteiger partial charge is 0.220 e. The maximum atomic E-state index is 14.0. The van der Waals surface area contributed by atoms with Gasteiger partial charge < -0.3 is 4.74 Å². The van der Waals surface area contributed by atoms with Crippen LogP contribution in [0.1, 0.15) is 5.56 Å². The summed E-state index contributed by atoms with van der Waals surface area (Å²) < 4.78 is 34.0. The topological polar surface area (TPSA) is 13.1 Å². The average Bonchev–Trinajstić information content (AvgIpc) is 2.39. The highest BCUT2D eigenvalue weighted by molar-refractivity contribution is 5.67. The van der Waals surface area contributed by atoms with E-state index in [4.69, 9.17) is 11.2 Å². The summed E-state index contributed by atoms with van der Waals surface area (Å²) in [7, 11) is 3.26. The number of halogens is 2. The molecule has 1 aromatic heterocycles. The zero-order chi connectivity index (χ0) is 14.0. The van der Waals surface area contributed by atoms with Crippen LogP contribution >= 0.6 is 0 Å². The first-order chi connectivity index (χ1) is 9.06. The van der Waals surface area contributed by atoms with E-state index in [-0.39, 0.29) is 11.1 Å². The van der Waals surface area contributed by atoms with Gasteiger partial charge in [-0.25, -0.2) is 13.3 Å². The standard InChI is InChI=1S/C15H12F2NO/c1-4-10-7-11(16)8-13(17)15(10)14-9-12(19-3)5-6-18(14)2/h1,5-9H,2-3H3/q+1. The average molecular weight is 260 g/mol. The molecule has 0 saturated carbocycles. The highest BCUT2D eigenvalue weighted by atomic mass is 19.1. The van der Waals surface area contributed by atoms with Crippen LogP contribution in [-0.4, -0.2) is 7.11 Å². The molecule has 0 spiro atoms. The predicted molar refractivity (Wildman–Crippen MR) is 67.5 cm³/mol. The van der Waals surface area contributed by atoms with Gasteiger partial charge in [0.2, 0.25) is 5.69 Å². The maximum Gasteiger partial charge on any atom is 0.220 e. The Balaban J connectivity index is 2.75. The van der Waals surface area contributed by atoms with Gasteiger partial charge in [0, 0.05) is 17.7 Å². The van der Waals surface area contributed by atoms with Crippen LogP contribution in [0.25, 0.3) is 11.3 Å². The Bertz CT molecular complexity index is 675. The summed E-state index contributed by atoms with van der Waals surface area (Å²) >= 11 is 0. The van der Waals surface area contributed by atoms with Crippen molar-refractivity contribution < 1.29 is 18.1 Å². The number of terminal acetylenes is 1. The molecule has 0 fully saturated rings. The van der Waals surface area contributed by atoms with Crippen molar-refractivity contribution in [2.75, 3.05) is 7.11 Å². The molecule has 1 aromatic carbocycles. The second-order valence-corrected chi connectivity index (χ2v) is 4.02. The van der Waals surface area contributed by atoms with Crippen molar-refractivity contribution in [3.05, 3.63) is 47.7 Å². The number of nitrogens with zero attached hydrogens (tertiary/aromatic N) is 1. The number of aryl methyl sites for hydroxylation is 1. The first-order valence-electron chi connectivity index (χ1n) is 5.56. The molecule has 2 nitrogen and oxygen atoms in total. The second-order valence-electron chi connectivity index (χ2n) is 4.02. The Kier molecular flexibility index (Phi) is 3.48. The minimum Gasteiger partial charge on any atom is -0.496 e. The second kappa shape index (κ2) is 5.07. The van der Waals surface area contributed by atoms with Gasteiger partial charge in [-0.1, -0.05) is 5.92 Å². The van der Waals surface area contributed by atoms with E-state index in [9.17, 15) is 8.78 Å². The molecule has 19 heavy (non-hydrogen) atoms. The maximum absolute atomic E-state index is 14.0. The number of pyridine rings is 1. The van der Waals surface area contributed by atoms with Crippen molar-refractivity contribution in [2.24, 2.45) is 7.05 Å². The lowest BCUT2D eigenvalue weighted by atomic mass is 10.0. The van der Waals surface area contributed by atoms with E-state index in [1.54, 1.807) is 29.9 Å². The summed E-state index contributed by atoms with van der Waals surface area (Å²) in [5.41, 5.74) is 0.872. The zero-order valence-electron chi connectivity index (χ0n) is 10.6. The van der Waals surface area contributed by atoms with Gasteiger partial charge in [-0.2, -0.15) is 0 Å². The van der Waals surface area contributed by atoms with Crippen LogP contribution in [0.15, 0.2) is 30.5 Å². The molecule has 0 aliphatic carbocycles. The lowest BCUT2D eigenvalue weighted by Crippen LogP contribution is -2.30. The van der Waals surface area contributed by atoms with E-state index < -0.39 is 11.6 Å². The third-order valence-electron chi connectivity index (χ3n) is 2.82. The summed E-state index contributed by atoms with van der Waals surface area (Å²) in [5.74, 6) is 1.48. The molecule has 0 saturated heterocycles. The van der Waals surface area contributed by atoms with E-state index >= 15 is 0 Å². The molecule has 0 radical (unpaired) electrons. The van der Waals surface area contributed by atoms with E-state index in [2.05, 4.69) is 5.92 Å². The molecule has 1 heterocycles. The van der Waals surface area contributed by atoms with Crippen molar-refractivity contribution in [3.8, 4) is 29.4 Å². The molecule has 0 aliphatic rings. The molecule has 0 bridgehead atoms. The lowest BCUT2D eigenvalue weighted by molar-refractivity contribution is -0.660. The Morgan fingerprint density at radius 2 is 2.00 bits per heavy atom. The monoisotopic (exact) mass is 260 g/mol. The van der Waals surface area contributed by atoms with Crippen LogP contribution in [0, 0.1) is 24.0 Å². The third-order valence-corrected chi connectivity index (χ3v) is 2.82. The molecule has 0 N–H and O–H groups in total. The number of hydrogen-bond donors (Lipinski definition) is 0. The van der Waals surface area contributed by atoms with Crippen LogP contribution < -0.4 is 9.30 Å². The molecule has 4 heteroatoms. The summed E-state index contributed by atoms with van der Waals surface area (Å²) in [4.78, 5) is 0. The van der Waals surface area contributed by atoms with E-state index in [1.165, 1.54) is 7.11 Å². The fourth-order valence-corrected chi connectivity index (χ4v) is 1.87. The van der Waals surface area contributed by atoms with Gasteiger partial charge in [-0.3, -0.25) is 0 Å². The fourth-order valence-electron chi connectivity index (χ4n) is 1.87. The highest BCUT2D eigenvalue weighted by Crippen LogP contribution is 2.27. The fraction of sp³-hybridized carbons (Fsp3) is 0.133. The first-order valence-corrected chi connectivity index (χ1v) is 5.56. The van der Waals surface area contributed by atoms with Crippen LogP contribution in [0.3, 0.4) is 0 Å². The molecular weight excluding hydrogens is 248 g/mol. The van der Waals surface area contributed by atoms with Crippen LogP contribution in [0.4, 0.5) is 8.78 Å². The van der Waals surface area contributed by atoms with Gasteiger partial charge in [-0.05, 0) is 6.07 Å². The Morgan fingerprint density at radius 3 is 2.63 bits per heavy atom. The molecule has 0 unspecified atom stereocenters. The summed E-state index contributed by atoms with van der Waals surface area (Å²) in [6, 6.07) is 5.34. The quantitative estimate of drug-likeness (QED) is 0.597. The molecule has 0 aliphatic heterocycles. The number of hydrogen-bond acceptors (Lipinski definition) is 1. The summed E-state index contributed by atoms with van der Waals surface area (Å²) in [6.45, 7) is 0. The van der Waals surface area contributed by atoms with Crippen molar-refractivity contribution in [2.45, 2.75) is 0 Å². The van der Waals surface area contributed by atoms with Gasteiger partial charge in [0.05, 0.1) is 18.7 Å². The van der Waals surface area contributed by atoms with Crippen LogP contribution in [0.2, 0.25) is 0 Å². The minimum atomic E-state index is -0.697. The predicted octanol–water partition coefficient (Wildman–Crippen LogP) is 2.45. The normalized spacial score (nSPS) is 10.1. The van der Waals surface area contributed by atoms with Crippen LogP contribution in [0.5, 0.6) is 5.75 Å².